The van der Waals surface area contributed by atoms with Crippen molar-refractivity contribution in [2.75, 3.05) is 22.9 Å². The van der Waals surface area contributed by atoms with E-state index in [0.717, 1.165) is 24.0 Å². The van der Waals surface area contributed by atoms with E-state index in [0.29, 0.717) is 17.8 Å². The highest BCUT2D eigenvalue weighted by molar-refractivity contribution is 8.00. The van der Waals surface area contributed by atoms with E-state index in [1.54, 1.807) is 11.8 Å². The van der Waals surface area contributed by atoms with Crippen molar-refractivity contribution in [3.63, 3.8) is 0 Å². The summed E-state index contributed by atoms with van der Waals surface area (Å²) in [7, 11) is 0. The van der Waals surface area contributed by atoms with Crippen molar-refractivity contribution in [3.8, 4) is 0 Å². The van der Waals surface area contributed by atoms with Gasteiger partial charge in [-0.25, -0.2) is 0 Å². The van der Waals surface area contributed by atoms with Crippen molar-refractivity contribution >= 4 is 29.0 Å². The Kier molecular flexibility index (Phi) is 3.34. The molecule has 0 radical (unpaired) electrons. The number of thioether (sulfide) groups is 1. The van der Waals surface area contributed by atoms with Gasteiger partial charge in [-0.05, 0) is 44.4 Å². The summed E-state index contributed by atoms with van der Waals surface area (Å²) in [5, 5.41) is 6.61. The molecule has 3 aliphatic rings. The fourth-order valence-electron chi connectivity index (χ4n) is 3.48. The van der Waals surface area contributed by atoms with Crippen molar-refractivity contribution in [2.45, 2.75) is 49.2 Å². The number of nitrogens with one attached hydrogen (secondary N) is 2. The molecule has 0 spiro atoms. The van der Waals surface area contributed by atoms with Crippen molar-refractivity contribution in [1.29, 1.82) is 0 Å². The van der Waals surface area contributed by atoms with Crippen LogP contribution in [0.3, 0.4) is 0 Å². The quantitative estimate of drug-likeness (QED) is 0.901. The maximum Gasteiger partial charge on any atom is 0.234 e. The van der Waals surface area contributed by atoms with E-state index in [1.807, 2.05) is 0 Å². The number of hydrogen-bond acceptors (Lipinski definition) is 4. The van der Waals surface area contributed by atoms with Gasteiger partial charge < -0.3 is 10.6 Å². The zero-order valence-electron chi connectivity index (χ0n) is 12.3. The first-order chi connectivity index (χ1) is 10.2. The van der Waals surface area contributed by atoms with E-state index < -0.39 is 0 Å². The Labute approximate surface area is 129 Å². The molecule has 2 fully saturated rings. The lowest BCUT2D eigenvalue weighted by molar-refractivity contribution is -0.113. The molecule has 1 aromatic rings. The minimum absolute atomic E-state index is 0.0963. The third-order valence-electron chi connectivity index (χ3n) is 4.62. The van der Waals surface area contributed by atoms with Crippen LogP contribution in [0.1, 0.15) is 26.2 Å². The summed E-state index contributed by atoms with van der Waals surface area (Å²) < 4.78 is 0. The number of benzene rings is 1. The summed E-state index contributed by atoms with van der Waals surface area (Å²) in [4.78, 5) is 15.3. The summed E-state index contributed by atoms with van der Waals surface area (Å²) >= 11 is 1.61. The Morgan fingerprint density at radius 1 is 1.38 bits per heavy atom. The van der Waals surface area contributed by atoms with Crippen molar-refractivity contribution < 1.29 is 4.79 Å². The van der Waals surface area contributed by atoms with Crippen molar-refractivity contribution in [2.24, 2.45) is 0 Å². The van der Waals surface area contributed by atoms with E-state index in [9.17, 15) is 4.79 Å². The number of carbonyl (C=O) groups excluding carboxylic acids is 1. The largest absolute Gasteiger partial charge is 0.381 e. The van der Waals surface area contributed by atoms with Crippen LogP contribution in [0.15, 0.2) is 23.1 Å². The molecule has 112 valence electrons. The van der Waals surface area contributed by atoms with Gasteiger partial charge in [-0.15, -0.1) is 11.8 Å². The zero-order valence-corrected chi connectivity index (χ0v) is 13.1. The molecule has 4 rings (SSSR count). The second-order valence-electron chi connectivity index (χ2n) is 6.40. The molecule has 1 saturated heterocycles. The Morgan fingerprint density at radius 3 is 3.05 bits per heavy atom. The first-order valence-corrected chi connectivity index (χ1v) is 8.76. The number of carbonyl (C=O) groups is 1. The number of anilines is 2. The molecule has 1 aromatic carbocycles. The van der Waals surface area contributed by atoms with Crippen LogP contribution in [-0.4, -0.2) is 41.2 Å². The Balaban J connectivity index is 1.45. The predicted octanol–water partition coefficient (Wildman–Crippen LogP) is 2.77. The fourth-order valence-corrected chi connectivity index (χ4v) is 4.27. The SMILES string of the molecule is CC1CC(Nc2ccc3c(c2)NC(=O)CS3)CN1C1CC1. The molecule has 2 N–H and O–H groups in total. The average molecular weight is 303 g/mol. The summed E-state index contributed by atoms with van der Waals surface area (Å²) in [6.07, 6.45) is 3.95. The minimum Gasteiger partial charge on any atom is -0.381 e. The number of hydrogen-bond donors (Lipinski definition) is 2. The van der Waals surface area contributed by atoms with E-state index in [-0.39, 0.29) is 5.91 Å². The number of amides is 1. The molecule has 1 saturated carbocycles. The molecule has 1 aliphatic carbocycles. The van der Waals surface area contributed by atoms with Crippen LogP contribution in [0.5, 0.6) is 0 Å². The third kappa shape index (κ3) is 2.77. The minimum atomic E-state index is 0.0963. The lowest BCUT2D eigenvalue weighted by Gasteiger charge is -2.21. The molecule has 0 bridgehead atoms. The van der Waals surface area contributed by atoms with Crippen LogP contribution in [0, 0.1) is 0 Å². The Morgan fingerprint density at radius 2 is 2.24 bits per heavy atom. The maximum atomic E-state index is 11.5. The monoisotopic (exact) mass is 303 g/mol. The molecule has 5 heteroatoms. The predicted molar refractivity (Wildman–Crippen MR) is 87.0 cm³/mol. The van der Waals surface area contributed by atoms with Gasteiger partial charge in [0.1, 0.15) is 0 Å². The summed E-state index contributed by atoms with van der Waals surface area (Å²) in [5.41, 5.74) is 2.07. The van der Waals surface area contributed by atoms with Gasteiger partial charge in [-0.3, -0.25) is 9.69 Å². The van der Waals surface area contributed by atoms with Gasteiger partial charge in [-0.1, -0.05) is 0 Å². The summed E-state index contributed by atoms with van der Waals surface area (Å²) in [6.45, 7) is 3.48. The summed E-state index contributed by atoms with van der Waals surface area (Å²) in [5.74, 6) is 0.620. The van der Waals surface area contributed by atoms with Gasteiger partial charge in [0.05, 0.1) is 11.4 Å². The second kappa shape index (κ2) is 5.21. The summed E-state index contributed by atoms with van der Waals surface area (Å²) in [6, 6.07) is 8.36. The van der Waals surface area contributed by atoms with Gasteiger partial charge in [0, 0.05) is 35.3 Å². The van der Waals surface area contributed by atoms with Gasteiger partial charge in [0.25, 0.3) is 0 Å². The number of likely N-dealkylation sites (tertiary alicyclic amines) is 1. The fraction of sp³-hybridized carbons (Fsp3) is 0.562. The zero-order chi connectivity index (χ0) is 14.4. The molecule has 2 heterocycles. The van der Waals surface area contributed by atoms with Crippen LogP contribution >= 0.6 is 11.8 Å². The molecule has 1 amide bonds. The lowest BCUT2D eigenvalue weighted by atomic mass is 10.1. The van der Waals surface area contributed by atoms with Gasteiger partial charge >= 0.3 is 0 Å². The Bertz CT molecular complexity index is 573. The van der Waals surface area contributed by atoms with E-state index in [4.69, 9.17) is 0 Å². The average Bonchev–Trinajstić information content (AvgIpc) is 3.23. The topological polar surface area (TPSA) is 44.4 Å². The van der Waals surface area contributed by atoms with E-state index in [2.05, 4.69) is 40.7 Å². The number of fused-ring (bicyclic) bond motifs is 1. The third-order valence-corrected chi connectivity index (χ3v) is 5.70. The molecule has 21 heavy (non-hydrogen) atoms. The molecule has 2 atom stereocenters. The van der Waals surface area contributed by atoms with Gasteiger partial charge in [0.15, 0.2) is 0 Å². The van der Waals surface area contributed by atoms with E-state index in [1.165, 1.54) is 24.2 Å². The van der Waals surface area contributed by atoms with Crippen LogP contribution in [0.2, 0.25) is 0 Å². The van der Waals surface area contributed by atoms with Crippen LogP contribution in [0.4, 0.5) is 11.4 Å². The van der Waals surface area contributed by atoms with Gasteiger partial charge in [0.2, 0.25) is 5.91 Å². The second-order valence-corrected chi connectivity index (χ2v) is 7.42. The molecular weight excluding hydrogens is 282 g/mol. The van der Waals surface area contributed by atoms with Crippen LogP contribution in [0.25, 0.3) is 0 Å². The highest BCUT2D eigenvalue weighted by atomic mass is 32.2. The smallest absolute Gasteiger partial charge is 0.234 e. The molecule has 0 aromatic heterocycles. The number of nitrogens with zero attached hydrogens (tertiary/aromatic N) is 1. The molecule has 2 aliphatic heterocycles. The van der Waals surface area contributed by atoms with Crippen LogP contribution in [-0.2, 0) is 4.79 Å². The molecule has 2 unspecified atom stereocenters. The van der Waals surface area contributed by atoms with Gasteiger partial charge in [-0.2, -0.15) is 0 Å². The van der Waals surface area contributed by atoms with Crippen LogP contribution < -0.4 is 10.6 Å². The number of rotatable bonds is 3. The van der Waals surface area contributed by atoms with Crippen molar-refractivity contribution in [3.05, 3.63) is 18.2 Å². The standard InChI is InChI=1S/C16H21N3OS/c1-10-6-12(8-19(10)13-3-4-13)17-11-2-5-15-14(7-11)18-16(20)9-21-15/h2,5,7,10,12-13,17H,3-4,6,8-9H2,1H3,(H,18,20). The maximum absolute atomic E-state index is 11.5. The highest BCUT2D eigenvalue weighted by Crippen LogP contribution is 2.36. The first kappa shape index (κ1) is 13.5. The molecule has 4 nitrogen and oxygen atoms in total. The first-order valence-electron chi connectivity index (χ1n) is 7.78. The van der Waals surface area contributed by atoms with E-state index >= 15 is 0 Å². The van der Waals surface area contributed by atoms with Crippen molar-refractivity contribution in [1.82, 2.24) is 4.90 Å². The highest BCUT2D eigenvalue weighted by Gasteiger charge is 2.38. The molecular formula is C16H21N3OS. The lowest BCUT2D eigenvalue weighted by Crippen LogP contribution is -2.31. The normalized spacial score (nSPS) is 29.1. The Hall–Kier alpha value is -1.20.